The Hall–Kier alpha value is -3.16. The number of ether oxygens (including phenoxy) is 1. The predicted octanol–water partition coefficient (Wildman–Crippen LogP) is 7.59. The number of sulfonamides is 1. The summed E-state index contributed by atoms with van der Waals surface area (Å²) in [6.45, 7) is 3.77. The van der Waals surface area contributed by atoms with E-state index in [1.807, 2.05) is 54.6 Å². The fourth-order valence-corrected chi connectivity index (χ4v) is 7.20. The highest BCUT2D eigenvalue weighted by molar-refractivity contribution is 7.89. The zero-order valence-electron chi connectivity index (χ0n) is 24.1. The van der Waals surface area contributed by atoms with Crippen molar-refractivity contribution < 1.29 is 13.2 Å². The number of nitrogens with zero attached hydrogens (tertiary/aromatic N) is 2. The highest BCUT2D eigenvalue weighted by atomic mass is 35.5. The molecule has 0 spiro atoms. The van der Waals surface area contributed by atoms with Gasteiger partial charge in [0, 0.05) is 13.6 Å². The van der Waals surface area contributed by atoms with Crippen molar-refractivity contribution in [1.82, 2.24) is 9.21 Å². The van der Waals surface area contributed by atoms with E-state index in [1.165, 1.54) is 9.87 Å². The molecule has 0 aromatic heterocycles. The van der Waals surface area contributed by atoms with Gasteiger partial charge in [0.1, 0.15) is 12.4 Å². The van der Waals surface area contributed by atoms with Crippen LogP contribution >= 0.6 is 11.6 Å². The Morgan fingerprint density at radius 1 is 0.881 bits per heavy atom. The molecule has 0 aliphatic carbocycles. The molecule has 1 heterocycles. The van der Waals surface area contributed by atoms with Crippen LogP contribution in [0.4, 0.5) is 0 Å². The van der Waals surface area contributed by atoms with Crippen LogP contribution in [0.15, 0.2) is 114 Å². The highest BCUT2D eigenvalue weighted by Gasteiger charge is 2.27. The van der Waals surface area contributed by atoms with Gasteiger partial charge >= 0.3 is 0 Å². The molecule has 5 nitrogen and oxygen atoms in total. The summed E-state index contributed by atoms with van der Waals surface area (Å²) in [6, 6.07) is 35.3. The van der Waals surface area contributed by atoms with Crippen LogP contribution in [0.25, 0.3) is 0 Å². The van der Waals surface area contributed by atoms with Crippen LogP contribution in [0.1, 0.15) is 47.8 Å². The molecule has 0 amide bonds. The topological polar surface area (TPSA) is 49.9 Å². The smallest absolute Gasteiger partial charge is 0.242 e. The quantitative estimate of drug-likeness (QED) is 0.168. The molecular formula is C35H39ClN2O3S. The van der Waals surface area contributed by atoms with E-state index in [-0.39, 0.29) is 5.92 Å². The summed E-state index contributed by atoms with van der Waals surface area (Å²) in [5, 5.41) is 0.533. The van der Waals surface area contributed by atoms with Crippen LogP contribution in [0, 0.1) is 0 Å². The van der Waals surface area contributed by atoms with Crippen molar-refractivity contribution in [2.75, 3.05) is 33.2 Å². The lowest BCUT2D eigenvalue weighted by Gasteiger charge is -2.33. The lowest BCUT2D eigenvalue weighted by molar-refractivity contribution is 0.203. The summed E-state index contributed by atoms with van der Waals surface area (Å²) in [4.78, 5) is 2.81. The molecule has 0 saturated carbocycles. The monoisotopic (exact) mass is 602 g/mol. The van der Waals surface area contributed by atoms with Gasteiger partial charge in [0.25, 0.3) is 0 Å². The molecule has 1 atom stereocenters. The van der Waals surface area contributed by atoms with Crippen LogP contribution in [-0.2, 0) is 16.6 Å². The minimum Gasteiger partial charge on any atom is -0.487 e. The van der Waals surface area contributed by atoms with Gasteiger partial charge in [-0.1, -0.05) is 96.5 Å². The van der Waals surface area contributed by atoms with Gasteiger partial charge in [-0.15, -0.1) is 0 Å². The van der Waals surface area contributed by atoms with Crippen molar-refractivity contribution >= 4 is 21.6 Å². The van der Waals surface area contributed by atoms with Crippen molar-refractivity contribution in [1.29, 1.82) is 0 Å². The second-order valence-corrected chi connectivity index (χ2v) is 13.5. The number of hydrogen-bond acceptors (Lipinski definition) is 4. The standard InChI is InChI=1S/C35H39ClN2O3S/c1-37(42(39,40)33-15-9-4-10-16-33)26-32(21-24-38-22-19-30(20-23-38)29-13-7-3-8-14-29)31-17-18-35(34(36)25-31)41-27-28-11-5-2-6-12-28/h2-18,25,30,32H,19-24,26-27H2,1H3. The van der Waals surface area contributed by atoms with Gasteiger partial charge in [-0.25, -0.2) is 12.7 Å². The van der Waals surface area contributed by atoms with Gasteiger partial charge in [-0.05, 0) is 91.7 Å². The van der Waals surface area contributed by atoms with Crippen LogP contribution in [0.5, 0.6) is 5.75 Å². The van der Waals surface area contributed by atoms with E-state index in [9.17, 15) is 8.42 Å². The van der Waals surface area contributed by atoms with E-state index in [0.717, 1.165) is 50.0 Å². The van der Waals surface area contributed by atoms with Gasteiger partial charge in [-0.2, -0.15) is 0 Å². The molecule has 4 aromatic rings. The Labute approximate surface area is 255 Å². The molecule has 220 valence electrons. The Morgan fingerprint density at radius 3 is 2.14 bits per heavy atom. The van der Waals surface area contributed by atoms with Gasteiger partial charge < -0.3 is 9.64 Å². The first-order chi connectivity index (χ1) is 20.4. The second kappa shape index (κ2) is 14.3. The predicted molar refractivity (Wildman–Crippen MR) is 171 cm³/mol. The Balaban J connectivity index is 1.28. The summed E-state index contributed by atoms with van der Waals surface area (Å²) in [7, 11) is -1.95. The van der Waals surface area contributed by atoms with Gasteiger partial charge in [0.15, 0.2) is 0 Å². The Kier molecular flexibility index (Phi) is 10.3. The minimum atomic E-state index is -3.62. The molecule has 0 radical (unpaired) electrons. The van der Waals surface area contributed by atoms with E-state index in [2.05, 4.69) is 35.2 Å². The molecule has 42 heavy (non-hydrogen) atoms. The summed E-state index contributed by atoms with van der Waals surface area (Å²) in [5.41, 5.74) is 3.51. The van der Waals surface area contributed by atoms with E-state index in [1.54, 1.807) is 31.3 Å². The molecule has 5 rings (SSSR count). The maximum atomic E-state index is 13.4. The first-order valence-corrected chi connectivity index (χ1v) is 16.5. The molecule has 1 saturated heterocycles. The van der Waals surface area contributed by atoms with E-state index < -0.39 is 10.0 Å². The third kappa shape index (κ3) is 7.81. The van der Waals surface area contributed by atoms with Crippen LogP contribution in [0.3, 0.4) is 0 Å². The van der Waals surface area contributed by atoms with Crippen molar-refractivity contribution in [2.24, 2.45) is 0 Å². The molecule has 0 N–H and O–H groups in total. The summed E-state index contributed by atoms with van der Waals surface area (Å²) < 4.78 is 34.3. The number of benzene rings is 4. The van der Waals surface area contributed by atoms with Gasteiger partial charge in [-0.3, -0.25) is 0 Å². The molecule has 1 unspecified atom stereocenters. The zero-order chi connectivity index (χ0) is 29.4. The number of rotatable bonds is 12. The lowest BCUT2D eigenvalue weighted by Crippen LogP contribution is -2.36. The maximum absolute atomic E-state index is 13.4. The average Bonchev–Trinajstić information content (AvgIpc) is 3.04. The van der Waals surface area contributed by atoms with Crippen molar-refractivity contribution in [3.05, 3.63) is 131 Å². The SMILES string of the molecule is CN(CC(CCN1CCC(c2ccccc2)CC1)c1ccc(OCc2ccccc2)c(Cl)c1)S(=O)(=O)c1ccccc1. The Morgan fingerprint density at radius 2 is 1.50 bits per heavy atom. The first-order valence-electron chi connectivity index (χ1n) is 14.6. The number of hydrogen-bond donors (Lipinski definition) is 0. The van der Waals surface area contributed by atoms with Crippen LogP contribution in [0.2, 0.25) is 5.02 Å². The number of piperidine rings is 1. The molecular weight excluding hydrogens is 564 g/mol. The maximum Gasteiger partial charge on any atom is 0.242 e. The van der Waals surface area contributed by atoms with Crippen molar-refractivity contribution in [3.63, 3.8) is 0 Å². The third-order valence-corrected chi connectivity index (χ3v) is 10.4. The van der Waals surface area contributed by atoms with E-state index in [0.29, 0.717) is 34.7 Å². The fraction of sp³-hybridized carbons (Fsp3) is 0.314. The molecule has 1 fully saturated rings. The molecule has 1 aliphatic heterocycles. The van der Waals surface area contributed by atoms with Gasteiger partial charge in [0.2, 0.25) is 10.0 Å². The normalized spacial score (nSPS) is 15.5. The third-order valence-electron chi connectivity index (χ3n) is 8.25. The summed E-state index contributed by atoms with van der Waals surface area (Å²) in [5.74, 6) is 1.19. The van der Waals surface area contributed by atoms with Gasteiger partial charge in [0.05, 0.1) is 9.92 Å². The number of likely N-dealkylation sites (N-methyl/N-ethyl adjacent to an activating group) is 1. The summed E-state index contributed by atoms with van der Waals surface area (Å²) in [6.07, 6.45) is 3.09. The zero-order valence-corrected chi connectivity index (χ0v) is 25.7. The van der Waals surface area contributed by atoms with Crippen LogP contribution < -0.4 is 4.74 Å². The van der Waals surface area contributed by atoms with E-state index in [4.69, 9.17) is 16.3 Å². The van der Waals surface area contributed by atoms with Crippen molar-refractivity contribution in [2.45, 2.75) is 42.6 Å². The second-order valence-electron chi connectivity index (χ2n) is 11.1. The van der Waals surface area contributed by atoms with Crippen LogP contribution in [-0.4, -0.2) is 50.8 Å². The molecule has 7 heteroatoms. The molecule has 0 bridgehead atoms. The highest BCUT2D eigenvalue weighted by Crippen LogP contribution is 2.33. The first kappa shape index (κ1) is 30.3. The number of likely N-dealkylation sites (tertiary alicyclic amines) is 1. The lowest BCUT2D eigenvalue weighted by atomic mass is 9.89. The summed E-state index contributed by atoms with van der Waals surface area (Å²) >= 11 is 6.72. The van der Waals surface area contributed by atoms with Crippen molar-refractivity contribution in [3.8, 4) is 5.75 Å². The minimum absolute atomic E-state index is 0.0268. The fourth-order valence-electron chi connectivity index (χ4n) is 5.72. The number of halogens is 1. The molecule has 4 aromatic carbocycles. The largest absolute Gasteiger partial charge is 0.487 e. The van der Waals surface area contributed by atoms with E-state index >= 15 is 0 Å². The molecule has 1 aliphatic rings. The average molecular weight is 603 g/mol. The Bertz CT molecular complexity index is 1510.